The molecule has 0 aliphatic carbocycles. The van der Waals surface area contributed by atoms with Crippen molar-refractivity contribution in [3.8, 4) is 5.75 Å². The monoisotopic (exact) mass is 360 g/mol. The summed E-state index contributed by atoms with van der Waals surface area (Å²) < 4.78 is 11.8. The highest BCUT2D eigenvalue weighted by molar-refractivity contribution is 5.68. The molecule has 0 saturated carbocycles. The van der Waals surface area contributed by atoms with Crippen LogP contribution in [0.2, 0.25) is 0 Å². The molecule has 0 atom stereocenters. The highest BCUT2D eigenvalue weighted by Gasteiger charge is 2.28. The standard InChI is InChI=1S/C21H32N2O3/c1-16-7-8-19(18(15-16)22-11-5-6-12-22)25-17-9-13-23(14-10-17)20(24)26-21(2,3)4/h7-8,15,17H,5-6,9-14H2,1-4H3. The van der Waals surface area contributed by atoms with Crippen molar-refractivity contribution in [2.75, 3.05) is 31.1 Å². The van der Waals surface area contributed by atoms with Crippen LogP contribution in [0.25, 0.3) is 0 Å². The second-order valence-corrected chi connectivity index (χ2v) is 8.45. The van der Waals surface area contributed by atoms with Crippen LogP contribution in [0.4, 0.5) is 10.5 Å². The largest absolute Gasteiger partial charge is 0.488 e. The van der Waals surface area contributed by atoms with Crippen LogP contribution < -0.4 is 9.64 Å². The maximum atomic E-state index is 12.2. The second-order valence-electron chi connectivity index (χ2n) is 8.45. The van der Waals surface area contributed by atoms with Crippen LogP contribution in [-0.2, 0) is 4.74 Å². The Morgan fingerprint density at radius 2 is 1.73 bits per heavy atom. The number of anilines is 1. The molecule has 0 radical (unpaired) electrons. The zero-order valence-corrected chi connectivity index (χ0v) is 16.6. The van der Waals surface area contributed by atoms with E-state index in [1.165, 1.54) is 24.1 Å². The van der Waals surface area contributed by atoms with Crippen molar-refractivity contribution in [1.29, 1.82) is 0 Å². The van der Waals surface area contributed by atoms with Crippen LogP contribution in [0.3, 0.4) is 0 Å². The Labute approximate surface area is 157 Å². The minimum atomic E-state index is -0.447. The lowest BCUT2D eigenvalue weighted by Gasteiger charge is -2.34. The molecule has 5 heteroatoms. The highest BCUT2D eigenvalue weighted by atomic mass is 16.6. The van der Waals surface area contributed by atoms with Crippen molar-refractivity contribution in [2.45, 2.75) is 65.1 Å². The van der Waals surface area contributed by atoms with Crippen LogP contribution in [0.15, 0.2) is 18.2 Å². The molecule has 144 valence electrons. The van der Waals surface area contributed by atoms with E-state index in [-0.39, 0.29) is 12.2 Å². The third kappa shape index (κ3) is 4.83. The fourth-order valence-corrected chi connectivity index (χ4v) is 3.59. The summed E-state index contributed by atoms with van der Waals surface area (Å²) in [7, 11) is 0. The first-order chi connectivity index (χ1) is 12.3. The molecule has 1 aromatic rings. The fraction of sp³-hybridized carbons (Fsp3) is 0.667. The molecule has 0 aromatic heterocycles. The van der Waals surface area contributed by atoms with Crippen molar-refractivity contribution in [1.82, 2.24) is 4.90 Å². The Morgan fingerprint density at radius 3 is 2.35 bits per heavy atom. The van der Waals surface area contributed by atoms with Gasteiger partial charge in [0.25, 0.3) is 0 Å². The van der Waals surface area contributed by atoms with E-state index in [0.29, 0.717) is 13.1 Å². The molecule has 0 unspecified atom stereocenters. The van der Waals surface area contributed by atoms with E-state index in [2.05, 4.69) is 30.0 Å². The summed E-state index contributed by atoms with van der Waals surface area (Å²) in [5.41, 5.74) is 2.04. The van der Waals surface area contributed by atoms with E-state index in [4.69, 9.17) is 9.47 Å². The van der Waals surface area contributed by atoms with Gasteiger partial charge in [0.15, 0.2) is 0 Å². The number of hydrogen-bond donors (Lipinski definition) is 0. The quantitative estimate of drug-likeness (QED) is 0.802. The number of nitrogens with zero attached hydrogens (tertiary/aromatic N) is 2. The summed E-state index contributed by atoms with van der Waals surface area (Å²) >= 11 is 0. The van der Waals surface area contributed by atoms with Crippen LogP contribution >= 0.6 is 0 Å². The molecule has 5 nitrogen and oxygen atoms in total. The van der Waals surface area contributed by atoms with Gasteiger partial charge in [0.1, 0.15) is 17.5 Å². The third-order valence-electron chi connectivity index (χ3n) is 4.95. The zero-order chi connectivity index (χ0) is 18.7. The molecule has 2 aliphatic rings. The van der Waals surface area contributed by atoms with Crippen molar-refractivity contribution in [3.05, 3.63) is 23.8 Å². The number of ether oxygens (including phenoxy) is 2. The fourth-order valence-electron chi connectivity index (χ4n) is 3.59. The van der Waals surface area contributed by atoms with E-state index in [9.17, 15) is 4.79 Å². The maximum absolute atomic E-state index is 12.2. The molecule has 0 N–H and O–H groups in total. The number of aryl methyl sites for hydroxylation is 1. The number of hydrogen-bond acceptors (Lipinski definition) is 4. The zero-order valence-electron chi connectivity index (χ0n) is 16.6. The normalized spacial score (nSPS) is 18.9. The van der Waals surface area contributed by atoms with Crippen molar-refractivity contribution in [2.24, 2.45) is 0 Å². The number of piperidine rings is 1. The average Bonchev–Trinajstić information content (AvgIpc) is 3.10. The van der Waals surface area contributed by atoms with E-state index in [1.54, 1.807) is 4.90 Å². The topological polar surface area (TPSA) is 42.0 Å². The van der Waals surface area contributed by atoms with Crippen LogP contribution in [0.5, 0.6) is 5.75 Å². The molecular formula is C21H32N2O3. The Bertz CT molecular complexity index is 625. The molecule has 3 rings (SSSR count). The van der Waals surface area contributed by atoms with Gasteiger partial charge in [-0.25, -0.2) is 4.79 Å². The maximum Gasteiger partial charge on any atom is 0.410 e. The van der Waals surface area contributed by atoms with Gasteiger partial charge in [0.05, 0.1) is 5.69 Å². The summed E-state index contributed by atoms with van der Waals surface area (Å²) in [6, 6.07) is 6.45. The lowest BCUT2D eigenvalue weighted by atomic mass is 10.1. The summed E-state index contributed by atoms with van der Waals surface area (Å²) in [6.45, 7) is 11.4. The minimum Gasteiger partial charge on any atom is -0.488 e. The number of benzene rings is 1. The van der Waals surface area contributed by atoms with Gasteiger partial charge in [-0.15, -0.1) is 0 Å². The molecule has 0 spiro atoms. The van der Waals surface area contributed by atoms with Gasteiger partial charge in [0, 0.05) is 39.0 Å². The number of carbonyl (C=O) groups excluding carboxylic acids is 1. The van der Waals surface area contributed by atoms with E-state index in [1.807, 2.05) is 20.8 Å². The number of carbonyl (C=O) groups is 1. The Hall–Kier alpha value is -1.91. The number of amides is 1. The Balaban J connectivity index is 1.59. The van der Waals surface area contributed by atoms with Crippen LogP contribution in [0, 0.1) is 6.92 Å². The van der Waals surface area contributed by atoms with E-state index >= 15 is 0 Å². The molecule has 2 fully saturated rings. The first-order valence-corrected chi connectivity index (χ1v) is 9.82. The van der Waals surface area contributed by atoms with Gasteiger partial charge in [-0.2, -0.15) is 0 Å². The van der Waals surface area contributed by atoms with Crippen LogP contribution in [-0.4, -0.2) is 48.9 Å². The van der Waals surface area contributed by atoms with Gasteiger partial charge >= 0.3 is 6.09 Å². The molecule has 2 heterocycles. The van der Waals surface area contributed by atoms with Gasteiger partial charge in [-0.1, -0.05) is 6.07 Å². The predicted molar refractivity (Wildman–Crippen MR) is 104 cm³/mol. The molecule has 2 saturated heterocycles. The lowest BCUT2D eigenvalue weighted by Crippen LogP contribution is -2.44. The van der Waals surface area contributed by atoms with Gasteiger partial charge in [-0.3, -0.25) is 0 Å². The van der Waals surface area contributed by atoms with E-state index < -0.39 is 5.60 Å². The Morgan fingerprint density at radius 1 is 1.08 bits per heavy atom. The Kier molecular flexibility index (Phi) is 5.64. The van der Waals surface area contributed by atoms with E-state index in [0.717, 1.165) is 31.7 Å². The first-order valence-electron chi connectivity index (χ1n) is 9.82. The van der Waals surface area contributed by atoms with Crippen molar-refractivity contribution in [3.63, 3.8) is 0 Å². The average molecular weight is 360 g/mol. The van der Waals surface area contributed by atoms with Crippen molar-refractivity contribution < 1.29 is 14.3 Å². The molecule has 26 heavy (non-hydrogen) atoms. The van der Waals surface area contributed by atoms with Crippen molar-refractivity contribution >= 4 is 11.8 Å². The predicted octanol–water partition coefficient (Wildman–Crippen LogP) is 4.37. The first kappa shape index (κ1) is 18.9. The van der Waals surface area contributed by atoms with Gasteiger partial charge in [0.2, 0.25) is 0 Å². The lowest BCUT2D eigenvalue weighted by molar-refractivity contribution is 0.0127. The third-order valence-corrected chi connectivity index (χ3v) is 4.95. The summed E-state index contributed by atoms with van der Waals surface area (Å²) in [5.74, 6) is 0.980. The summed E-state index contributed by atoms with van der Waals surface area (Å²) in [6.07, 6.45) is 4.12. The van der Waals surface area contributed by atoms with Gasteiger partial charge in [-0.05, 0) is 58.2 Å². The number of rotatable bonds is 3. The molecule has 0 bridgehead atoms. The molecular weight excluding hydrogens is 328 g/mol. The second kappa shape index (κ2) is 7.77. The molecule has 1 amide bonds. The summed E-state index contributed by atoms with van der Waals surface area (Å²) in [5, 5.41) is 0. The summed E-state index contributed by atoms with van der Waals surface area (Å²) in [4.78, 5) is 16.4. The van der Waals surface area contributed by atoms with Crippen LogP contribution in [0.1, 0.15) is 52.0 Å². The minimum absolute atomic E-state index is 0.151. The smallest absolute Gasteiger partial charge is 0.410 e. The van der Waals surface area contributed by atoms with Gasteiger partial charge < -0.3 is 19.3 Å². The highest BCUT2D eigenvalue weighted by Crippen LogP contribution is 2.34. The molecule has 1 aromatic carbocycles. The molecule has 2 aliphatic heterocycles. The SMILES string of the molecule is Cc1ccc(OC2CCN(C(=O)OC(C)(C)C)CC2)c(N2CCCC2)c1. The number of likely N-dealkylation sites (tertiary alicyclic amines) is 1.